The topological polar surface area (TPSA) is 56.8 Å². The van der Waals surface area contributed by atoms with Crippen molar-refractivity contribution in [2.24, 2.45) is 0 Å². The van der Waals surface area contributed by atoms with E-state index in [4.69, 9.17) is 23.8 Å². The molecule has 3 rings (SSSR count). The van der Waals surface area contributed by atoms with Gasteiger partial charge in [0.15, 0.2) is 5.82 Å². The molecule has 0 saturated heterocycles. The van der Waals surface area contributed by atoms with Crippen molar-refractivity contribution >= 4 is 35.4 Å². The first-order valence-corrected chi connectivity index (χ1v) is 8.35. The van der Waals surface area contributed by atoms with Crippen LogP contribution in [0.25, 0.3) is 0 Å². The summed E-state index contributed by atoms with van der Waals surface area (Å²) in [6.45, 7) is 1.90. The van der Waals surface area contributed by atoms with Crippen LogP contribution in [0.15, 0.2) is 42.7 Å². The first-order chi connectivity index (χ1) is 12.0. The van der Waals surface area contributed by atoms with Gasteiger partial charge in [0.05, 0.1) is 5.02 Å². The molecule has 0 fully saturated rings. The summed E-state index contributed by atoms with van der Waals surface area (Å²) in [6, 6.07) is 7.74. The lowest BCUT2D eigenvalue weighted by atomic mass is 10.3. The molecule has 0 spiro atoms. The predicted molar refractivity (Wildman–Crippen MR) is 95.7 cm³/mol. The van der Waals surface area contributed by atoms with E-state index in [9.17, 15) is 9.18 Å². The highest BCUT2D eigenvalue weighted by molar-refractivity contribution is 7.71. The molecule has 9 heteroatoms. The standard InChI is InChI=1S/C16H15ClFN5OS/c1-2-14-20-22(16(25)23(14)21-7-3-4-8-21)10-15(24)19-11-5-6-13(18)12(17)9-11/h3-9H,2,10H2,1H3,(H,19,24). The Kier molecular flexibility index (Phi) is 5.00. The van der Waals surface area contributed by atoms with Crippen LogP contribution in [0, 0.1) is 10.6 Å². The number of hydrogen-bond donors (Lipinski definition) is 1. The Hall–Kier alpha value is -2.45. The van der Waals surface area contributed by atoms with Gasteiger partial charge in [0.1, 0.15) is 12.4 Å². The molecule has 1 N–H and O–H groups in total. The van der Waals surface area contributed by atoms with E-state index in [0.717, 1.165) is 5.82 Å². The number of amides is 1. The summed E-state index contributed by atoms with van der Waals surface area (Å²) in [5.74, 6) is -0.141. The summed E-state index contributed by atoms with van der Waals surface area (Å²) in [5, 5.41) is 7.00. The van der Waals surface area contributed by atoms with Crippen molar-refractivity contribution in [1.29, 1.82) is 0 Å². The molecule has 0 saturated carbocycles. The molecule has 3 aromatic rings. The summed E-state index contributed by atoms with van der Waals surface area (Å²) in [7, 11) is 0. The minimum absolute atomic E-state index is 0.0560. The fourth-order valence-corrected chi connectivity index (χ4v) is 2.85. The number of hydrogen-bond acceptors (Lipinski definition) is 3. The van der Waals surface area contributed by atoms with Gasteiger partial charge in [0.2, 0.25) is 10.7 Å². The van der Waals surface area contributed by atoms with Gasteiger partial charge in [-0.3, -0.25) is 9.47 Å². The molecule has 0 unspecified atom stereocenters. The van der Waals surface area contributed by atoms with Crippen LogP contribution in [0.2, 0.25) is 5.02 Å². The quantitative estimate of drug-likeness (QED) is 0.690. The molecule has 1 amide bonds. The second kappa shape index (κ2) is 7.20. The highest BCUT2D eigenvalue weighted by atomic mass is 35.5. The normalized spacial score (nSPS) is 10.8. The van der Waals surface area contributed by atoms with Crippen LogP contribution in [0.3, 0.4) is 0 Å². The van der Waals surface area contributed by atoms with E-state index in [1.165, 1.54) is 22.9 Å². The fourth-order valence-electron chi connectivity index (χ4n) is 2.37. The Morgan fingerprint density at radius 3 is 2.72 bits per heavy atom. The number of rotatable bonds is 5. The molecule has 0 bridgehead atoms. The molecule has 0 radical (unpaired) electrons. The largest absolute Gasteiger partial charge is 0.324 e. The van der Waals surface area contributed by atoms with Crippen LogP contribution in [-0.4, -0.2) is 25.0 Å². The zero-order chi connectivity index (χ0) is 18.0. The van der Waals surface area contributed by atoms with Crippen molar-refractivity contribution in [2.75, 3.05) is 5.32 Å². The van der Waals surface area contributed by atoms with E-state index in [1.807, 2.05) is 36.1 Å². The van der Waals surface area contributed by atoms with E-state index >= 15 is 0 Å². The summed E-state index contributed by atoms with van der Waals surface area (Å²) >= 11 is 11.2. The molecule has 2 aromatic heterocycles. The van der Waals surface area contributed by atoms with Crippen LogP contribution in [-0.2, 0) is 17.8 Å². The van der Waals surface area contributed by atoms with Gasteiger partial charge in [-0.2, -0.15) is 5.10 Å². The van der Waals surface area contributed by atoms with Gasteiger partial charge in [-0.25, -0.2) is 13.7 Å². The first kappa shape index (κ1) is 17.4. The maximum atomic E-state index is 13.2. The summed E-state index contributed by atoms with van der Waals surface area (Å²) in [4.78, 5) is 12.3. The second-order valence-corrected chi connectivity index (χ2v) is 6.03. The number of carbonyl (C=O) groups excluding carboxylic acids is 1. The number of halogens is 2. The zero-order valence-corrected chi connectivity index (χ0v) is 14.9. The third-order valence-electron chi connectivity index (χ3n) is 3.52. The van der Waals surface area contributed by atoms with Crippen LogP contribution in [0.5, 0.6) is 0 Å². The Balaban J connectivity index is 1.82. The van der Waals surface area contributed by atoms with Crippen molar-refractivity contribution in [2.45, 2.75) is 19.9 Å². The maximum Gasteiger partial charge on any atom is 0.246 e. The van der Waals surface area contributed by atoms with Crippen molar-refractivity contribution in [3.63, 3.8) is 0 Å². The average Bonchev–Trinajstić information content (AvgIpc) is 3.19. The summed E-state index contributed by atoms with van der Waals surface area (Å²) in [5.41, 5.74) is 0.406. The van der Waals surface area contributed by atoms with Crippen LogP contribution in [0.4, 0.5) is 10.1 Å². The molecule has 0 aliphatic carbocycles. The van der Waals surface area contributed by atoms with Crippen LogP contribution >= 0.6 is 23.8 Å². The van der Waals surface area contributed by atoms with Crippen molar-refractivity contribution in [1.82, 2.24) is 19.1 Å². The van der Waals surface area contributed by atoms with E-state index in [2.05, 4.69) is 10.4 Å². The molecule has 1 aromatic carbocycles. The molecule has 130 valence electrons. The van der Waals surface area contributed by atoms with Gasteiger partial charge in [-0.1, -0.05) is 18.5 Å². The molecule has 6 nitrogen and oxygen atoms in total. The maximum absolute atomic E-state index is 13.2. The SMILES string of the molecule is CCc1nn(CC(=O)Nc2ccc(F)c(Cl)c2)c(=S)n1-n1cccc1. The first-order valence-electron chi connectivity index (χ1n) is 7.57. The average molecular weight is 380 g/mol. The van der Waals surface area contributed by atoms with Gasteiger partial charge in [0.25, 0.3) is 0 Å². The molecule has 0 atom stereocenters. The third-order valence-corrected chi connectivity index (χ3v) is 4.19. The van der Waals surface area contributed by atoms with Crippen LogP contribution in [0.1, 0.15) is 12.7 Å². The molecule has 0 aliphatic rings. The van der Waals surface area contributed by atoms with Crippen molar-refractivity contribution in [3.05, 3.63) is 64.2 Å². The third kappa shape index (κ3) is 3.64. The Labute approximate surface area is 153 Å². The van der Waals surface area contributed by atoms with Crippen LogP contribution < -0.4 is 5.32 Å². The summed E-state index contributed by atoms with van der Waals surface area (Å²) in [6.07, 6.45) is 4.35. The number of nitrogens with one attached hydrogen (secondary N) is 1. The summed E-state index contributed by atoms with van der Waals surface area (Å²) < 4.78 is 18.6. The lowest BCUT2D eigenvalue weighted by Crippen LogP contribution is -2.20. The minimum Gasteiger partial charge on any atom is -0.324 e. The molecule has 25 heavy (non-hydrogen) atoms. The van der Waals surface area contributed by atoms with Gasteiger partial charge in [0, 0.05) is 24.5 Å². The fraction of sp³-hybridized carbons (Fsp3) is 0.188. The molecular formula is C16H15ClFN5OS. The van der Waals surface area contributed by atoms with Gasteiger partial charge in [-0.15, -0.1) is 0 Å². The van der Waals surface area contributed by atoms with E-state index in [0.29, 0.717) is 16.9 Å². The monoisotopic (exact) mass is 379 g/mol. The highest BCUT2D eigenvalue weighted by Gasteiger charge is 2.13. The van der Waals surface area contributed by atoms with Crippen molar-refractivity contribution in [3.8, 4) is 0 Å². The Bertz CT molecular complexity index is 964. The molecular weight excluding hydrogens is 365 g/mol. The highest BCUT2D eigenvalue weighted by Crippen LogP contribution is 2.19. The smallest absolute Gasteiger partial charge is 0.246 e. The van der Waals surface area contributed by atoms with E-state index < -0.39 is 5.82 Å². The van der Waals surface area contributed by atoms with Gasteiger partial charge in [-0.05, 0) is 42.5 Å². The number of aromatic nitrogens is 4. The number of aryl methyl sites for hydroxylation is 1. The Morgan fingerprint density at radius 2 is 2.08 bits per heavy atom. The van der Waals surface area contributed by atoms with Crippen molar-refractivity contribution < 1.29 is 9.18 Å². The number of benzene rings is 1. The van der Waals surface area contributed by atoms with E-state index in [-0.39, 0.29) is 17.5 Å². The number of anilines is 1. The Morgan fingerprint density at radius 1 is 1.36 bits per heavy atom. The van der Waals surface area contributed by atoms with Gasteiger partial charge < -0.3 is 5.32 Å². The minimum atomic E-state index is -0.542. The number of carbonyl (C=O) groups is 1. The number of nitrogens with zero attached hydrogens (tertiary/aromatic N) is 4. The second-order valence-electron chi connectivity index (χ2n) is 5.26. The predicted octanol–water partition coefficient (Wildman–Crippen LogP) is 3.52. The lowest BCUT2D eigenvalue weighted by molar-refractivity contribution is -0.116. The van der Waals surface area contributed by atoms with Gasteiger partial charge >= 0.3 is 0 Å². The molecule has 0 aliphatic heterocycles. The molecule has 2 heterocycles. The lowest BCUT2D eigenvalue weighted by Gasteiger charge is -2.07. The zero-order valence-electron chi connectivity index (χ0n) is 13.3. The van der Waals surface area contributed by atoms with E-state index in [1.54, 1.807) is 4.68 Å².